The maximum atomic E-state index is 11.6. The van der Waals surface area contributed by atoms with Gasteiger partial charge in [0, 0.05) is 11.4 Å². The van der Waals surface area contributed by atoms with Crippen molar-refractivity contribution in [1.82, 2.24) is 15.1 Å². The molecular formula is C15H29N3O2S. The van der Waals surface area contributed by atoms with E-state index in [0.29, 0.717) is 12.5 Å². The minimum absolute atomic E-state index is 0.165. The van der Waals surface area contributed by atoms with Crippen LogP contribution in [0.15, 0.2) is 0 Å². The van der Waals surface area contributed by atoms with Crippen LogP contribution in [0.4, 0.5) is 0 Å². The van der Waals surface area contributed by atoms with Gasteiger partial charge in [-0.15, -0.1) is 0 Å². The molecule has 0 amide bonds. The number of aromatic nitrogens is 2. The fourth-order valence-corrected chi connectivity index (χ4v) is 3.17. The minimum atomic E-state index is -2.94. The number of aryl methyl sites for hydroxylation is 2. The summed E-state index contributed by atoms with van der Waals surface area (Å²) in [5.41, 5.74) is 3.38. The summed E-state index contributed by atoms with van der Waals surface area (Å²) in [4.78, 5) is 0. The first kappa shape index (κ1) is 18.2. The lowest BCUT2D eigenvalue weighted by molar-refractivity contribution is 0.518. The van der Waals surface area contributed by atoms with E-state index < -0.39 is 9.84 Å². The summed E-state index contributed by atoms with van der Waals surface area (Å²) < 4.78 is 25.1. The van der Waals surface area contributed by atoms with Crippen molar-refractivity contribution in [2.75, 3.05) is 24.6 Å². The summed E-state index contributed by atoms with van der Waals surface area (Å²) in [6.45, 7) is 12.5. The SMILES string of the molecule is CCNCC(C)Cc1c(C)nn(CCS(=O)(=O)CC)c1C. The second-order valence-corrected chi connectivity index (χ2v) is 8.20. The lowest BCUT2D eigenvalue weighted by atomic mass is 9.99. The Morgan fingerprint density at radius 1 is 1.29 bits per heavy atom. The van der Waals surface area contributed by atoms with Crippen LogP contribution in [0.25, 0.3) is 0 Å². The van der Waals surface area contributed by atoms with Crippen LogP contribution in [0.3, 0.4) is 0 Å². The van der Waals surface area contributed by atoms with Crippen molar-refractivity contribution in [3.63, 3.8) is 0 Å². The van der Waals surface area contributed by atoms with Crippen LogP contribution in [0.1, 0.15) is 37.7 Å². The van der Waals surface area contributed by atoms with E-state index >= 15 is 0 Å². The first-order valence-corrected chi connectivity index (χ1v) is 9.56. The van der Waals surface area contributed by atoms with E-state index in [9.17, 15) is 8.42 Å². The quantitative estimate of drug-likeness (QED) is 0.754. The number of nitrogens with zero attached hydrogens (tertiary/aromatic N) is 2. The molecule has 5 nitrogen and oxygen atoms in total. The van der Waals surface area contributed by atoms with Gasteiger partial charge in [0.25, 0.3) is 0 Å². The van der Waals surface area contributed by atoms with Gasteiger partial charge in [-0.3, -0.25) is 4.68 Å². The molecule has 1 aromatic rings. The lowest BCUT2D eigenvalue weighted by Crippen LogP contribution is -2.22. The van der Waals surface area contributed by atoms with Crippen LogP contribution in [-0.4, -0.2) is 42.8 Å². The molecule has 1 rings (SSSR count). The Bertz CT molecular complexity index is 550. The van der Waals surface area contributed by atoms with E-state index in [1.54, 1.807) is 6.92 Å². The number of nitrogens with one attached hydrogen (secondary N) is 1. The summed E-state index contributed by atoms with van der Waals surface area (Å²) in [5, 5.41) is 7.87. The highest BCUT2D eigenvalue weighted by atomic mass is 32.2. The Labute approximate surface area is 129 Å². The first-order valence-electron chi connectivity index (χ1n) is 7.74. The number of sulfone groups is 1. The fourth-order valence-electron chi connectivity index (χ4n) is 2.43. The molecule has 21 heavy (non-hydrogen) atoms. The summed E-state index contributed by atoms with van der Waals surface area (Å²) >= 11 is 0. The van der Waals surface area contributed by atoms with Crippen molar-refractivity contribution in [2.45, 2.75) is 47.6 Å². The van der Waals surface area contributed by atoms with E-state index in [1.165, 1.54) is 5.56 Å². The molecule has 1 atom stereocenters. The third-order valence-electron chi connectivity index (χ3n) is 3.88. The van der Waals surface area contributed by atoms with Gasteiger partial charge in [0.05, 0.1) is 18.0 Å². The zero-order valence-electron chi connectivity index (χ0n) is 13.9. The van der Waals surface area contributed by atoms with E-state index in [4.69, 9.17) is 0 Å². The van der Waals surface area contributed by atoms with Gasteiger partial charge in [-0.05, 0) is 44.8 Å². The smallest absolute Gasteiger partial charge is 0.151 e. The molecular weight excluding hydrogens is 286 g/mol. The highest BCUT2D eigenvalue weighted by Crippen LogP contribution is 2.17. The highest BCUT2D eigenvalue weighted by molar-refractivity contribution is 7.91. The normalized spacial score (nSPS) is 13.6. The van der Waals surface area contributed by atoms with Crippen LogP contribution >= 0.6 is 0 Å². The molecule has 1 aromatic heterocycles. The van der Waals surface area contributed by atoms with Crippen molar-refractivity contribution in [1.29, 1.82) is 0 Å². The Morgan fingerprint density at radius 3 is 2.52 bits per heavy atom. The molecule has 0 aliphatic heterocycles. The van der Waals surface area contributed by atoms with Crippen LogP contribution in [-0.2, 0) is 22.8 Å². The third kappa shape index (κ3) is 5.43. The van der Waals surface area contributed by atoms with E-state index in [-0.39, 0.29) is 11.5 Å². The molecule has 0 fully saturated rings. The monoisotopic (exact) mass is 315 g/mol. The van der Waals surface area contributed by atoms with Gasteiger partial charge in [-0.25, -0.2) is 8.42 Å². The maximum Gasteiger partial charge on any atom is 0.151 e. The highest BCUT2D eigenvalue weighted by Gasteiger charge is 2.16. The van der Waals surface area contributed by atoms with Gasteiger partial charge in [0.1, 0.15) is 0 Å². The van der Waals surface area contributed by atoms with Crippen LogP contribution in [0.2, 0.25) is 0 Å². The standard InChI is InChI=1S/C15H29N3O2S/c1-6-16-11-12(3)10-15-13(4)17-18(14(15)5)8-9-21(19,20)7-2/h12,16H,6-11H2,1-5H3. The molecule has 0 saturated carbocycles. The summed E-state index contributed by atoms with van der Waals surface area (Å²) in [6, 6.07) is 0. The first-order chi connectivity index (χ1) is 9.80. The molecule has 0 radical (unpaired) electrons. The fraction of sp³-hybridized carbons (Fsp3) is 0.800. The summed E-state index contributed by atoms with van der Waals surface area (Å²) in [6.07, 6.45) is 0.977. The van der Waals surface area contributed by atoms with E-state index in [1.807, 2.05) is 18.5 Å². The van der Waals surface area contributed by atoms with Gasteiger partial charge >= 0.3 is 0 Å². The minimum Gasteiger partial charge on any atom is -0.317 e. The Balaban J connectivity index is 2.76. The Morgan fingerprint density at radius 2 is 1.95 bits per heavy atom. The zero-order valence-corrected chi connectivity index (χ0v) is 14.8. The second-order valence-electron chi connectivity index (χ2n) is 5.73. The molecule has 0 aromatic carbocycles. The molecule has 1 heterocycles. The van der Waals surface area contributed by atoms with Crippen molar-refractivity contribution >= 4 is 9.84 Å². The van der Waals surface area contributed by atoms with Crippen LogP contribution in [0, 0.1) is 19.8 Å². The van der Waals surface area contributed by atoms with Crippen LogP contribution in [0.5, 0.6) is 0 Å². The largest absolute Gasteiger partial charge is 0.317 e. The predicted octanol–water partition coefficient (Wildman–Crippen LogP) is 1.72. The molecule has 122 valence electrons. The summed E-state index contributed by atoms with van der Waals surface area (Å²) in [7, 11) is -2.94. The molecule has 1 N–H and O–H groups in total. The average molecular weight is 315 g/mol. The second kappa shape index (κ2) is 7.94. The maximum absolute atomic E-state index is 11.6. The predicted molar refractivity (Wildman–Crippen MR) is 87.4 cm³/mol. The van der Waals surface area contributed by atoms with Gasteiger partial charge in [0.2, 0.25) is 0 Å². The Kier molecular flexibility index (Phi) is 6.87. The molecule has 1 unspecified atom stereocenters. The summed E-state index contributed by atoms with van der Waals surface area (Å²) in [5.74, 6) is 0.899. The Hall–Kier alpha value is -0.880. The molecule has 0 aliphatic rings. The van der Waals surface area contributed by atoms with Gasteiger partial charge in [0.15, 0.2) is 9.84 Å². The lowest BCUT2D eigenvalue weighted by Gasteiger charge is -2.12. The van der Waals surface area contributed by atoms with Crippen LogP contribution < -0.4 is 5.32 Å². The van der Waals surface area contributed by atoms with Crippen molar-refractivity contribution in [3.05, 3.63) is 17.0 Å². The van der Waals surface area contributed by atoms with E-state index in [2.05, 4.69) is 24.3 Å². The average Bonchev–Trinajstić information content (AvgIpc) is 2.70. The number of rotatable bonds is 9. The molecule has 0 bridgehead atoms. The van der Waals surface area contributed by atoms with Crippen molar-refractivity contribution < 1.29 is 8.42 Å². The van der Waals surface area contributed by atoms with E-state index in [0.717, 1.165) is 30.9 Å². The molecule has 6 heteroatoms. The van der Waals surface area contributed by atoms with Gasteiger partial charge in [-0.1, -0.05) is 20.8 Å². The van der Waals surface area contributed by atoms with Crippen molar-refractivity contribution in [3.8, 4) is 0 Å². The number of hydrogen-bond acceptors (Lipinski definition) is 4. The molecule has 0 aliphatic carbocycles. The van der Waals surface area contributed by atoms with Gasteiger partial charge < -0.3 is 5.32 Å². The molecule has 0 saturated heterocycles. The third-order valence-corrected chi connectivity index (χ3v) is 5.56. The van der Waals surface area contributed by atoms with Crippen molar-refractivity contribution in [2.24, 2.45) is 5.92 Å². The topological polar surface area (TPSA) is 64.0 Å². The van der Waals surface area contributed by atoms with Gasteiger partial charge in [-0.2, -0.15) is 5.10 Å². The molecule has 0 spiro atoms. The zero-order chi connectivity index (χ0) is 16.0. The number of hydrogen-bond donors (Lipinski definition) is 1.